The van der Waals surface area contributed by atoms with Crippen LogP contribution in [0, 0.1) is 10.1 Å². The first-order valence-corrected chi connectivity index (χ1v) is 10.9. The first kappa shape index (κ1) is 20.7. The topological polar surface area (TPSA) is 113 Å². The van der Waals surface area contributed by atoms with Crippen molar-refractivity contribution in [3.05, 3.63) is 58.6 Å². The number of amides is 1. The van der Waals surface area contributed by atoms with Gasteiger partial charge in [0.2, 0.25) is 5.91 Å². The molecule has 1 fully saturated rings. The number of nitro benzene ring substituents is 1. The highest BCUT2D eigenvalue weighted by atomic mass is 32.2. The summed E-state index contributed by atoms with van der Waals surface area (Å²) in [4.78, 5) is 27.2. The Morgan fingerprint density at radius 3 is 2.45 bits per heavy atom. The van der Waals surface area contributed by atoms with Crippen LogP contribution in [-0.2, 0) is 14.6 Å². The minimum atomic E-state index is -3.35. The highest BCUT2D eigenvalue weighted by Gasteiger charge is 2.24. The van der Waals surface area contributed by atoms with Crippen molar-refractivity contribution in [1.29, 1.82) is 0 Å². The van der Waals surface area contributed by atoms with Crippen LogP contribution in [0.3, 0.4) is 0 Å². The molecule has 0 aromatic heterocycles. The van der Waals surface area contributed by atoms with Crippen molar-refractivity contribution in [3.8, 4) is 0 Å². The molecule has 0 aliphatic carbocycles. The molecule has 3 rings (SSSR count). The molecule has 29 heavy (non-hydrogen) atoms. The maximum absolute atomic E-state index is 12.3. The van der Waals surface area contributed by atoms with Crippen molar-refractivity contribution in [1.82, 2.24) is 4.90 Å². The van der Waals surface area contributed by atoms with Gasteiger partial charge >= 0.3 is 0 Å². The van der Waals surface area contributed by atoms with E-state index in [1.807, 2.05) is 9.80 Å². The Bertz CT molecular complexity index is 1020. The monoisotopic (exact) mass is 418 g/mol. The average molecular weight is 418 g/mol. The Balaban J connectivity index is 1.56. The van der Waals surface area contributed by atoms with Crippen LogP contribution >= 0.6 is 0 Å². The van der Waals surface area contributed by atoms with Gasteiger partial charge in [0.1, 0.15) is 5.69 Å². The summed E-state index contributed by atoms with van der Waals surface area (Å²) >= 11 is 0. The highest BCUT2D eigenvalue weighted by Crippen LogP contribution is 2.28. The van der Waals surface area contributed by atoms with Crippen molar-refractivity contribution in [2.24, 2.45) is 0 Å². The van der Waals surface area contributed by atoms with E-state index in [4.69, 9.17) is 0 Å². The fraction of sp³-hybridized carbons (Fsp3) is 0.316. The van der Waals surface area contributed by atoms with E-state index in [1.165, 1.54) is 18.2 Å². The molecular weight excluding hydrogens is 396 g/mol. The van der Waals surface area contributed by atoms with E-state index < -0.39 is 9.84 Å². The lowest BCUT2D eigenvalue weighted by atomic mass is 10.2. The van der Waals surface area contributed by atoms with E-state index in [0.29, 0.717) is 37.6 Å². The smallest absolute Gasteiger partial charge is 0.292 e. The second-order valence-electron chi connectivity index (χ2n) is 6.86. The fourth-order valence-electron chi connectivity index (χ4n) is 3.24. The molecule has 0 radical (unpaired) electrons. The van der Waals surface area contributed by atoms with E-state index >= 15 is 0 Å². The lowest BCUT2D eigenvalue weighted by Gasteiger charge is -2.35. The van der Waals surface area contributed by atoms with Crippen molar-refractivity contribution in [2.45, 2.75) is 4.90 Å². The number of nitro groups is 1. The minimum Gasteiger partial charge on any atom is -0.363 e. The molecule has 1 aliphatic rings. The Labute approximate surface area is 169 Å². The van der Waals surface area contributed by atoms with Gasteiger partial charge in [-0.1, -0.05) is 18.2 Å². The Kier molecular flexibility index (Phi) is 6.14. The molecule has 1 N–H and O–H groups in total. The van der Waals surface area contributed by atoms with Crippen LogP contribution < -0.4 is 10.2 Å². The number of anilines is 2. The first-order valence-electron chi connectivity index (χ1n) is 9.05. The van der Waals surface area contributed by atoms with Gasteiger partial charge in [-0.05, 0) is 24.3 Å². The van der Waals surface area contributed by atoms with Crippen LogP contribution in [0.1, 0.15) is 0 Å². The van der Waals surface area contributed by atoms with E-state index in [1.54, 1.807) is 30.3 Å². The zero-order valence-corrected chi connectivity index (χ0v) is 16.8. The molecule has 9 nitrogen and oxygen atoms in total. The zero-order valence-electron chi connectivity index (χ0n) is 15.9. The Hall–Kier alpha value is -2.98. The number of sulfone groups is 1. The van der Waals surface area contributed by atoms with Gasteiger partial charge in [-0.3, -0.25) is 19.8 Å². The van der Waals surface area contributed by atoms with Gasteiger partial charge in [-0.2, -0.15) is 0 Å². The summed E-state index contributed by atoms with van der Waals surface area (Å²) in [7, 11) is -3.35. The van der Waals surface area contributed by atoms with Crippen molar-refractivity contribution >= 4 is 32.8 Å². The fourth-order valence-corrected chi connectivity index (χ4v) is 3.91. The van der Waals surface area contributed by atoms with Gasteiger partial charge in [0, 0.05) is 44.2 Å². The van der Waals surface area contributed by atoms with E-state index in [2.05, 4.69) is 5.32 Å². The van der Waals surface area contributed by atoms with E-state index in [-0.39, 0.29) is 28.0 Å². The van der Waals surface area contributed by atoms with E-state index in [9.17, 15) is 23.3 Å². The molecule has 0 bridgehead atoms. The van der Waals surface area contributed by atoms with Crippen molar-refractivity contribution in [2.75, 3.05) is 49.2 Å². The van der Waals surface area contributed by atoms with Gasteiger partial charge in [0.25, 0.3) is 5.69 Å². The molecule has 2 aromatic carbocycles. The maximum Gasteiger partial charge on any atom is 0.292 e. The van der Waals surface area contributed by atoms with Crippen molar-refractivity contribution < 1.29 is 18.1 Å². The molecule has 0 atom stereocenters. The quantitative estimate of drug-likeness (QED) is 0.562. The van der Waals surface area contributed by atoms with Gasteiger partial charge in [-0.15, -0.1) is 0 Å². The van der Waals surface area contributed by atoms with E-state index in [0.717, 1.165) is 6.26 Å². The number of carbonyl (C=O) groups excluding carboxylic acids is 1. The molecule has 1 amide bonds. The largest absolute Gasteiger partial charge is 0.363 e. The third kappa shape index (κ3) is 5.30. The number of para-hydroxylation sites is 2. The summed E-state index contributed by atoms with van der Waals surface area (Å²) in [6, 6.07) is 12.8. The van der Waals surface area contributed by atoms with Gasteiger partial charge < -0.3 is 10.2 Å². The Morgan fingerprint density at radius 1 is 1.10 bits per heavy atom. The van der Waals surface area contributed by atoms with Crippen LogP contribution in [0.5, 0.6) is 0 Å². The molecule has 10 heteroatoms. The van der Waals surface area contributed by atoms with Crippen LogP contribution in [0.4, 0.5) is 17.1 Å². The average Bonchev–Trinajstić information content (AvgIpc) is 2.68. The number of hydrogen-bond acceptors (Lipinski definition) is 7. The SMILES string of the molecule is CS(=O)(=O)c1cccc(NC(=O)CN2CCN(c3ccccc3[N+](=O)[O-])CC2)c1. The lowest BCUT2D eigenvalue weighted by Crippen LogP contribution is -2.48. The molecule has 154 valence electrons. The van der Waals surface area contributed by atoms with Gasteiger partial charge in [-0.25, -0.2) is 8.42 Å². The number of benzene rings is 2. The van der Waals surface area contributed by atoms with Crippen molar-refractivity contribution in [3.63, 3.8) is 0 Å². The predicted molar refractivity (Wildman–Crippen MR) is 110 cm³/mol. The molecule has 0 spiro atoms. The second-order valence-corrected chi connectivity index (χ2v) is 8.87. The number of nitrogens with one attached hydrogen (secondary N) is 1. The molecule has 2 aromatic rings. The molecule has 1 heterocycles. The first-order chi connectivity index (χ1) is 13.7. The standard InChI is InChI=1S/C19H22N4O5S/c1-29(27,28)16-6-4-5-15(13-16)20-19(24)14-21-9-11-22(12-10-21)17-7-2-3-8-18(17)23(25)26/h2-8,13H,9-12,14H2,1H3,(H,20,24). The molecule has 1 saturated heterocycles. The zero-order chi connectivity index (χ0) is 21.0. The predicted octanol–water partition coefficient (Wildman–Crippen LogP) is 1.76. The van der Waals surface area contributed by atoms with Crippen LogP contribution in [0.25, 0.3) is 0 Å². The third-order valence-corrected chi connectivity index (χ3v) is 5.81. The summed E-state index contributed by atoms with van der Waals surface area (Å²) in [5.74, 6) is -0.241. The van der Waals surface area contributed by atoms with Crippen LogP contribution in [0.15, 0.2) is 53.4 Å². The molecule has 0 saturated carbocycles. The summed E-state index contributed by atoms with van der Waals surface area (Å²) in [5.41, 5.74) is 1.08. The summed E-state index contributed by atoms with van der Waals surface area (Å²) < 4.78 is 23.3. The summed E-state index contributed by atoms with van der Waals surface area (Å²) in [6.45, 7) is 2.48. The number of nitrogens with zero attached hydrogens (tertiary/aromatic N) is 3. The van der Waals surface area contributed by atoms with Crippen LogP contribution in [-0.4, -0.2) is 63.1 Å². The van der Waals surface area contributed by atoms with Gasteiger partial charge in [0.05, 0.1) is 16.4 Å². The second kappa shape index (κ2) is 8.58. The number of piperazine rings is 1. The number of hydrogen-bond donors (Lipinski definition) is 1. The Morgan fingerprint density at radius 2 is 1.79 bits per heavy atom. The molecule has 1 aliphatic heterocycles. The normalized spacial score (nSPS) is 15.1. The summed E-state index contributed by atoms with van der Waals surface area (Å²) in [5, 5.41) is 13.9. The van der Waals surface area contributed by atoms with Crippen LogP contribution in [0.2, 0.25) is 0 Å². The highest BCUT2D eigenvalue weighted by molar-refractivity contribution is 7.90. The maximum atomic E-state index is 12.3. The summed E-state index contributed by atoms with van der Waals surface area (Å²) in [6.07, 6.45) is 1.12. The molecular formula is C19H22N4O5S. The minimum absolute atomic E-state index is 0.0736. The third-order valence-electron chi connectivity index (χ3n) is 4.70. The number of rotatable bonds is 6. The lowest BCUT2D eigenvalue weighted by molar-refractivity contribution is -0.384. The molecule has 0 unspecified atom stereocenters. The van der Waals surface area contributed by atoms with Gasteiger partial charge in [0.15, 0.2) is 9.84 Å². The number of carbonyl (C=O) groups is 1.